The van der Waals surface area contributed by atoms with E-state index in [0.29, 0.717) is 18.0 Å². The van der Waals surface area contributed by atoms with Crippen molar-refractivity contribution in [2.24, 2.45) is 5.92 Å². The molecule has 0 atom stereocenters. The predicted octanol–water partition coefficient (Wildman–Crippen LogP) is 2.96. The number of aromatic nitrogens is 3. The number of hydrogen-bond acceptors (Lipinski definition) is 5. The van der Waals surface area contributed by atoms with Crippen molar-refractivity contribution in [3.63, 3.8) is 0 Å². The number of rotatable bonds is 6. The maximum Gasteiger partial charge on any atom is 0.433 e. The van der Waals surface area contributed by atoms with Crippen molar-refractivity contribution in [2.75, 3.05) is 6.54 Å². The molecule has 25 heavy (non-hydrogen) atoms. The van der Waals surface area contributed by atoms with E-state index in [0.717, 1.165) is 6.07 Å². The van der Waals surface area contributed by atoms with E-state index in [-0.39, 0.29) is 30.2 Å². The molecule has 9 heteroatoms. The maximum atomic E-state index is 12.7. The molecule has 0 aromatic carbocycles. The monoisotopic (exact) mass is 356 g/mol. The van der Waals surface area contributed by atoms with Crippen molar-refractivity contribution in [2.45, 2.75) is 39.8 Å². The smallest absolute Gasteiger partial charge is 0.351 e. The Bertz CT molecular complexity index is 741. The lowest BCUT2D eigenvalue weighted by atomic mass is 10.1. The summed E-state index contributed by atoms with van der Waals surface area (Å²) in [7, 11) is 0. The van der Waals surface area contributed by atoms with E-state index < -0.39 is 17.8 Å². The van der Waals surface area contributed by atoms with E-state index in [1.807, 2.05) is 13.8 Å². The minimum absolute atomic E-state index is 0.0192. The average molecular weight is 356 g/mol. The van der Waals surface area contributed by atoms with Gasteiger partial charge in [-0.25, -0.2) is 9.97 Å². The molecule has 2 aromatic rings. The zero-order chi connectivity index (χ0) is 18.6. The van der Waals surface area contributed by atoms with Crippen LogP contribution in [0.2, 0.25) is 0 Å². The summed E-state index contributed by atoms with van der Waals surface area (Å²) in [5.74, 6) is -0.0176. The largest absolute Gasteiger partial charge is 0.433 e. The fraction of sp³-hybridized carbons (Fsp3) is 0.500. The lowest BCUT2D eigenvalue weighted by molar-refractivity contribution is -0.141. The summed E-state index contributed by atoms with van der Waals surface area (Å²) in [5.41, 5.74) is -0.0934. The van der Waals surface area contributed by atoms with Gasteiger partial charge in [-0.2, -0.15) is 13.2 Å². The van der Waals surface area contributed by atoms with Gasteiger partial charge in [-0.15, -0.1) is 0 Å². The third kappa shape index (κ3) is 5.54. The van der Waals surface area contributed by atoms with Crippen LogP contribution in [-0.2, 0) is 19.0 Å². The highest BCUT2D eigenvalue weighted by Crippen LogP contribution is 2.27. The summed E-state index contributed by atoms with van der Waals surface area (Å²) in [6.07, 6.45) is -3.77. The molecule has 2 aromatic heterocycles. The first-order valence-electron chi connectivity index (χ1n) is 7.80. The van der Waals surface area contributed by atoms with Gasteiger partial charge in [0.1, 0.15) is 11.5 Å². The first kappa shape index (κ1) is 18.9. The Kier molecular flexibility index (Phi) is 5.76. The van der Waals surface area contributed by atoms with Crippen LogP contribution in [0.1, 0.15) is 47.3 Å². The van der Waals surface area contributed by atoms with Crippen LogP contribution in [0.5, 0.6) is 0 Å². The fourth-order valence-electron chi connectivity index (χ4n) is 2.20. The van der Waals surface area contributed by atoms with E-state index in [4.69, 9.17) is 4.52 Å². The SMILES string of the molecule is Cc1cc(C(F)(F)F)nc(CCNC(=O)c2cc(CC(C)C)no2)n1. The van der Waals surface area contributed by atoms with E-state index in [1.165, 1.54) is 6.92 Å². The van der Waals surface area contributed by atoms with Gasteiger partial charge < -0.3 is 9.84 Å². The number of aryl methyl sites for hydroxylation is 1. The molecule has 0 spiro atoms. The number of carbonyl (C=O) groups is 1. The molecular formula is C16H19F3N4O2. The molecule has 0 aliphatic rings. The average Bonchev–Trinajstić information content (AvgIpc) is 2.93. The molecule has 2 heterocycles. The Hall–Kier alpha value is -2.45. The Morgan fingerprint density at radius 1 is 1.28 bits per heavy atom. The highest BCUT2D eigenvalue weighted by Gasteiger charge is 2.33. The van der Waals surface area contributed by atoms with E-state index in [2.05, 4.69) is 20.4 Å². The van der Waals surface area contributed by atoms with E-state index in [1.54, 1.807) is 6.07 Å². The van der Waals surface area contributed by atoms with E-state index >= 15 is 0 Å². The van der Waals surface area contributed by atoms with Crippen LogP contribution in [0.4, 0.5) is 13.2 Å². The third-order valence-electron chi connectivity index (χ3n) is 3.23. The molecule has 0 aliphatic carbocycles. The number of halogens is 3. The summed E-state index contributed by atoms with van der Waals surface area (Å²) >= 11 is 0. The Morgan fingerprint density at radius 3 is 2.64 bits per heavy atom. The fourth-order valence-corrected chi connectivity index (χ4v) is 2.20. The number of amides is 1. The van der Waals surface area contributed by atoms with Gasteiger partial charge in [-0.1, -0.05) is 19.0 Å². The maximum absolute atomic E-state index is 12.7. The molecule has 0 unspecified atom stereocenters. The van der Waals surface area contributed by atoms with Gasteiger partial charge in [0.2, 0.25) is 5.76 Å². The Morgan fingerprint density at radius 2 is 2.00 bits per heavy atom. The molecule has 136 valence electrons. The minimum Gasteiger partial charge on any atom is -0.351 e. The van der Waals surface area contributed by atoms with Crippen LogP contribution in [0.3, 0.4) is 0 Å². The molecule has 0 saturated heterocycles. The van der Waals surface area contributed by atoms with Crippen LogP contribution in [0, 0.1) is 12.8 Å². The van der Waals surface area contributed by atoms with Crippen LogP contribution < -0.4 is 5.32 Å². The summed E-state index contributed by atoms with van der Waals surface area (Å²) in [6.45, 7) is 5.58. The van der Waals surface area contributed by atoms with Gasteiger partial charge in [-0.05, 0) is 25.3 Å². The molecule has 1 N–H and O–H groups in total. The van der Waals surface area contributed by atoms with Crippen LogP contribution in [-0.4, -0.2) is 27.6 Å². The Balaban J connectivity index is 1.93. The van der Waals surface area contributed by atoms with Crippen LogP contribution in [0.25, 0.3) is 0 Å². The highest BCUT2D eigenvalue weighted by molar-refractivity contribution is 5.91. The van der Waals surface area contributed by atoms with Crippen molar-refractivity contribution in [1.29, 1.82) is 0 Å². The normalized spacial score (nSPS) is 11.8. The van der Waals surface area contributed by atoms with Crippen LogP contribution >= 0.6 is 0 Å². The van der Waals surface area contributed by atoms with Crippen molar-refractivity contribution < 1.29 is 22.5 Å². The van der Waals surface area contributed by atoms with Crippen molar-refractivity contribution in [3.8, 4) is 0 Å². The second-order valence-electron chi connectivity index (χ2n) is 6.09. The number of alkyl halides is 3. The van der Waals surface area contributed by atoms with Gasteiger partial charge in [0.05, 0.1) is 5.69 Å². The molecule has 0 fully saturated rings. The number of nitrogens with one attached hydrogen (secondary N) is 1. The van der Waals surface area contributed by atoms with Gasteiger partial charge in [0.15, 0.2) is 0 Å². The topological polar surface area (TPSA) is 80.9 Å². The van der Waals surface area contributed by atoms with Crippen LogP contribution in [0.15, 0.2) is 16.7 Å². The predicted molar refractivity (Wildman–Crippen MR) is 82.9 cm³/mol. The standard InChI is InChI=1S/C16H19F3N4O2/c1-9(2)6-11-8-12(25-23-11)15(24)20-5-4-14-21-10(3)7-13(22-14)16(17,18)19/h7-9H,4-6H2,1-3H3,(H,20,24). The number of nitrogens with zero attached hydrogens (tertiary/aromatic N) is 3. The van der Waals surface area contributed by atoms with Gasteiger partial charge >= 0.3 is 6.18 Å². The molecular weight excluding hydrogens is 337 g/mol. The Labute approximate surface area is 142 Å². The highest BCUT2D eigenvalue weighted by atomic mass is 19.4. The first-order chi connectivity index (χ1) is 11.6. The summed E-state index contributed by atoms with van der Waals surface area (Å²) in [4.78, 5) is 19.4. The van der Waals surface area contributed by atoms with Gasteiger partial charge in [-0.3, -0.25) is 4.79 Å². The second kappa shape index (κ2) is 7.62. The van der Waals surface area contributed by atoms with Crippen molar-refractivity contribution in [3.05, 3.63) is 40.8 Å². The zero-order valence-electron chi connectivity index (χ0n) is 14.1. The zero-order valence-corrected chi connectivity index (χ0v) is 14.1. The quantitative estimate of drug-likeness (QED) is 0.861. The van der Waals surface area contributed by atoms with Gasteiger partial charge in [0, 0.05) is 24.7 Å². The van der Waals surface area contributed by atoms with Gasteiger partial charge in [0.25, 0.3) is 5.91 Å². The summed E-state index contributed by atoms with van der Waals surface area (Å²) in [6, 6.07) is 2.44. The lowest BCUT2D eigenvalue weighted by Crippen LogP contribution is -2.26. The van der Waals surface area contributed by atoms with Crippen molar-refractivity contribution >= 4 is 5.91 Å². The van der Waals surface area contributed by atoms with E-state index in [9.17, 15) is 18.0 Å². The summed E-state index contributed by atoms with van der Waals surface area (Å²) < 4.78 is 43.2. The second-order valence-corrected chi connectivity index (χ2v) is 6.09. The molecule has 0 aliphatic heterocycles. The molecule has 1 amide bonds. The molecule has 2 rings (SSSR count). The first-order valence-corrected chi connectivity index (χ1v) is 7.80. The third-order valence-corrected chi connectivity index (χ3v) is 3.23. The minimum atomic E-state index is -4.53. The molecule has 0 saturated carbocycles. The lowest BCUT2D eigenvalue weighted by Gasteiger charge is -2.09. The molecule has 0 radical (unpaired) electrons. The number of hydrogen-bond donors (Lipinski definition) is 1. The molecule has 6 nitrogen and oxygen atoms in total. The summed E-state index contributed by atoms with van der Waals surface area (Å²) in [5, 5.41) is 6.37. The molecule has 0 bridgehead atoms. The van der Waals surface area contributed by atoms with Crippen molar-refractivity contribution in [1.82, 2.24) is 20.4 Å². The number of carbonyl (C=O) groups excluding carboxylic acids is 1.